The van der Waals surface area contributed by atoms with Crippen LogP contribution in [0.1, 0.15) is 61.9 Å². The molecule has 1 saturated heterocycles. The summed E-state index contributed by atoms with van der Waals surface area (Å²) >= 11 is 0. The Morgan fingerprint density at radius 1 is 1.00 bits per heavy atom. The number of carboxylic acids is 3. The third-order valence-corrected chi connectivity index (χ3v) is 6.98. The minimum atomic E-state index is -4.55. The van der Waals surface area contributed by atoms with Crippen LogP contribution in [0.3, 0.4) is 0 Å². The molecule has 0 saturated carbocycles. The number of hydrogen-bond acceptors (Lipinski definition) is 9. The number of benzene rings is 1. The van der Waals surface area contributed by atoms with Gasteiger partial charge in [0.2, 0.25) is 5.91 Å². The Hall–Kier alpha value is -4.80. The van der Waals surface area contributed by atoms with E-state index in [-0.39, 0.29) is 17.6 Å². The molecule has 1 aliphatic heterocycles. The lowest BCUT2D eigenvalue weighted by atomic mass is 9.92. The molecule has 45 heavy (non-hydrogen) atoms. The highest BCUT2D eigenvalue weighted by Crippen LogP contribution is 2.33. The SMILES string of the molecule is CCOc1ccc(CCC(=O)N2CCC(c3cc(C(F)(F)F)n4ncnc4n3)CC2)cc1.O=C(O)CC(O)(CC(=O)O)C(=O)O. The highest BCUT2D eigenvalue weighted by Gasteiger charge is 2.41. The zero-order valence-electron chi connectivity index (χ0n) is 24.1. The van der Waals surface area contributed by atoms with Crippen LogP contribution >= 0.6 is 0 Å². The van der Waals surface area contributed by atoms with E-state index in [0.29, 0.717) is 55.6 Å². The number of aryl methyl sites for hydroxylation is 1. The maximum atomic E-state index is 13.4. The topological polar surface area (TPSA) is 205 Å². The Balaban J connectivity index is 0.000000360. The predicted molar refractivity (Wildman–Crippen MR) is 147 cm³/mol. The number of alkyl halides is 3. The average molecular weight is 640 g/mol. The summed E-state index contributed by atoms with van der Waals surface area (Å²) in [6.07, 6.45) is -3.64. The van der Waals surface area contributed by atoms with E-state index >= 15 is 0 Å². The van der Waals surface area contributed by atoms with Crippen molar-refractivity contribution in [3.05, 3.63) is 53.6 Å². The average Bonchev–Trinajstić information content (AvgIpc) is 3.44. The summed E-state index contributed by atoms with van der Waals surface area (Å²) in [5, 5.41) is 37.4. The highest BCUT2D eigenvalue weighted by molar-refractivity contribution is 5.88. The van der Waals surface area contributed by atoms with Crippen LogP contribution in [0.4, 0.5) is 13.2 Å². The number of aromatic nitrogens is 4. The molecule has 4 rings (SSSR count). The van der Waals surface area contributed by atoms with Gasteiger partial charge in [0.1, 0.15) is 12.1 Å². The number of hydrogen-bond donors (Lipinski definition) is 4. The van der Waals surface area contributed by atoms with E-state index in [9.17, 15) is 32.3 Å². The first-order valence-electron chi connectivity index (χ1n) is 13.8. The van der Waals surface area contributed by atoms with Crippen molar-refractivity contribution in [2.45, 2.75) is 63.1 Å². The summed E-state index contributed by atoms with van der Waals surface area (Å²) in [5.74, 6) is -4.39. The van der Waals surface area contributed by atoms with Crippen LogP contribution < -0.4 is 4.74 Å². The maximum absolute atomic E-state index is 13.4. The number of amides is 1. The van der Waals surface area contributed by atoms with Gasteiger partial charge in [-0.15, -0.1) is 0 Å². The van der Waals surface area contributed by atoms with E-state index in [1.165, 1.54) is 0 Å². The van der Waals surface area contributed by atoms with E-state index in [1.807, 2.05) is 31.2 Å². The molecule has 3 heterocycles. The smallest absolute Gasteiger partial charge is 0.433 e. The fourth-order valence-corrected chi connectivity index (χ4v) is 4.71. The standard InChI is InChI=1S/C22H24F3N5O2.C6H8O7/c1-2-32-17-6-3-15(4-7-17)5-8-20(31)29-11-9-16(10-12-29)18-13-19(22(23,24)25)30-21(28-18)26-14-27-30;7-3(8)1-6(13,5(11)12)2-4(9)10/h3-4,6-7,13-14,16H,2,5,8-12H2,1H3;13H,1-2H2,(H,7,8)(H,9,10)(H,11,12). The van der Waals surface area contributed by atoms with Gasteiger partial charge in [-0.05, 0) is 49.9 Å². The first-order chi connectivity index (χ1) is 21.1. The third-order valence-electron chi connectivity index (χ3n) is 6.98. The maximum Gasteiger partial charge on any atom is 0.433 e. The second kappa shape index (κ2) is 14.8. The molecule has 14 nitrogen and oxygen atoms in total. The number of carbonyl (C=O) groups is 4. The van der Waals surface area contributed by atoms with Gasteiger partial charge in [0.05, 0.1) is 19.4 Å². The Kier molecular flexibility index (Phi) is 11.4. The molecular weight excluding hydrogens is 607 g/mol. The molecule has 1 aliphatic rings. The third kappa shape index (κ3) is 9.59. The zero-order valence-corrected chi connectivity index (χ0v) is 24.1. The number of nitrogens with zero attached hydrogens (tertiary/aromatic N) is 5. The number of halogens is 3. The zero-order chi connectivity index (χ0) is 33.4. The Bertz CT molecular complexity index is 1490. The molecule has 0 radical (unpaired) electrons. The van der Waals surface area contributed by atoms with Crippen LogP contribution in [-0.4, -0.2) is 94.0 Å². The van der Waals surface area contributed by atoms with Gasteiger partial charge < -0.3 is 30.1 Å². The fourth-order valence-electron chi connectivity index (χ4n) is 4.71. The monoisotopic (exact) mass is 639 g/mol. The molecule has 0 bridgehead atoms. The molecule has 1 aromatic carbocycles. The number of rotatable bonds is 11. The first kappa shape index (κ1) is 34.7. The van der Waals surface area contributed by atoms with Crippen molar-refractivity contribution in [3.8, 4) is 5.75 Å². The number of fused-ring (bicyclic) bond motifs is 1. The molecule has 0 unspecified atom stereocenters. The Labute approximate surface area is 254 Å². The molecule has 1 amide bonds. The van der Waals surface area contributed by atoms with E-state index in [2.05, 4.69) is 15.1 Å². The van der Waals surface area contributed by atoms with E-state index in [1.54, 1.807) is 4.90 Å². The van der Waals surface area contributed by atoms with Crippen molar-refractivity contribution >= 4 is 29.6 Å². The lowest BCUT2D eigenvalue weighted by Gasteiger charge is -2.32. The van der Waals surface area contributed by atoms with Crippen LogP contribution in [0.2, 0.25) is 0 Å². The van der Waals surface area contributed by atoms with E-state index in [4.69, 9.17) is 25.2 Å². The van der Waals surface area contributed by atoms with Crippen LogP contribution in [0.25, 0.3) is 5.78 Å². The summed E-state index contributed by atoms with van der Waals surface area (Å²) in [4.78, 5) is 53.0. The van der Waals surface area contributed by atoms with E-state index < -0.39 is 48.2 Å². The molecule has 0 aliphatic carbocycles. The molecule has 17 heteroatoms. The molecule has 1 fully saturated rings. The number of ether oxygens (including phenoxy) is 1. The van der Waals surface area contributed by atoms with Gasteiger partial charge in [-0.1, -0.05) is 12.1 Å². The van der Waals surface area contributed by atoms with Gasteiger partial charge in [-0.3, -0.25) is 14.4 Å². The van der Waals surface area contributed by atoms with Crippen molar-refractivity contribution in [2.24, 2.45) is 0 Å². The molecule has 0 spiro atoms. The first-order valence-corrected chi connectivity index (χ1v) is 13.8. The van der Waals surface area contributed by atoms with Crippen molar-refractivity contribution < 1.29 is 57.5 Å². The number of aliphatic hydroxyl groups is 1. The van der Waals surface area contributed by atoms with E-state index in [0.717, 1.165) is 23.7 Å². The lowest BCUT2D eigenvalue weighted by Crippen LogP contribution is -2.42. The predicted octanol–water partition coefficient (Wildman–Crippen LogP) is 2.63. The highest BCUT2D eigenvalue weighted by atomic mass is 19.4. The molecular formula is C28H32F3N5O9. The van der Waals surface area contributed by atoms with Gasteiger partial charge in [0.25, 0.3) is 5.78 Å². The molecule has 0 atom stereocenters. The summed E-state index contributed by atoms with van der Waals surface area (Å²) in [6.45, 7) is 3.52. The van der Waals surface area contributed by atoms with Gasteiger partial charge >= 0.3 is 24.1 Å². The van der Waals surface area contributed by atoms with Crippen LogP contribution in [0.5, 0.6) is 5.75 Å². The van der Waals surface area contributed by atoms with Crippen molar-refractivity contribution in [3.63, 3.8) is 0 Å². The van der Waals surface area contributed by atoms with Crippen molar-refractivity contribution in [2.75, 3.05) is 19.7 Å². The lowest BCUT2D eigenvalue weighted by molar-refractivity contribution is -0.170. The molecule has 2 aromatic heterocycles. The Morgan fingerprint density at radius 2 is 1.60 bits per heavy atom. The minimum Gasteiger partial charge on any atom is -0.494 e. The number of likely N-dealkylation sites (tertiary alicyclic amines) is 1. The van der Waals surface area contributed by atoms with Crippen LogP contribution in [0.15, 0.2) is 36.7 Å². The van der Waals surface area contributed by atoms with Gasteiger partial charge in [0.15, 0.2) is 11.3 Å². The van der Waals surface area contributed by atoms with Crippen molar-refractivity contribution in [1.82, 2.24) is 24.5 Å². The van der Waals surface area contributed by atoms with Gasteiger partial charge in [-0.2, -0.15) is 27.8 Å². The Morgan fingerprint density at radius 3 is 2.11 bits per heavy atom. The molecule has 244 valence electrons. The largest absolute Gasteiger partial charge is 0.494 e. The van der Waals surface area contributed by atoms with Crippen LogP contribution in [0, 0.1) is 0 Å². The van der Waals surface area contributed by atoms with Crippen LogP contribution in [-0.2, 0) is 31.8 Å². The second-order valence-electron chi connectivity index (χ2n) is 10.2. The number of carbonyl (C=O) groups excluding carboxylic acids is 1. The fraction of sp³-hybridized carbons (Fsp3) is 0.464. The minimum absolute atomic E-state index is 0.0502. The number of piperidine rings is 1. The molecule has 3 aromatic rings. The normalized spacial score (nSPS) is 14.0. The number of aliphatic carboxylic acids is 3. The number of carboxylic acid groups (broad SMARTS) is 3. The van der Waals surface area contributed by atoms with Gasteiger partial charge in [0, 0.05) is 31.1 Å². The van der Waals surface area contributed by atoms with Gasteiger partial charge in [-0.25, -0.2) is 9.78 Å². The summed E-state index contributed by atoms with van der Waals surface area (Å²) in [7, 11) is 0. The van der Waals surface area contributed by atoms with Crippen molar-refractivity contribution in [1.29, 1.82) is 0 Å². The quantitative estimate of drug-likeness (QED) is 0.239. The summed E-state index contributed by atoms with van der Waals surface area (Å²) in [6, 6.07) is 8.74. The second-order valence-corrected chi connectivity index (χ2v) is 10.2. The summed E-state index contributed by atoms with van der Waals surface area (Å²) < 4.78 is 46.4. The molecule has 4 N–H and O–H groups in total. The summed E-state index contributed by atoms with van der Waals surface area (Å²) in [5.41, 5.74) is -2.22.